The second-order valence-corrected chi connectivity index (χ2v) is 7.05. The number of hydrogen-bond donors (Lipinski definition) is 1. The molecular weight excluding hydrogens is 290 g/mol. The Morgan fingerprint density at radius 3 is 2.60 bits per heavy atom. The fourth-order valence-corrected chi connectivity index (χ4v) is 2.82. The van der Waals surface area contributed by atoms with E-state index in [0.29, 0.717) is 18.4 Å². The van der Waals surface area contributed by atoms with Crippen LogP contribution >= 0.6 is 23.5 Å². The lowest BCUT2D eigenvalue weighted by atomic mass is 10.3. The van der Waals surface area contributed by atoms with Crippen molar-refractivity contribution in [1.82, 2.24) is 5.32 Å². The summed E-state index contributed by atoms with van der Waals surface area (Å²) in [6, 6.07) is 8.12. The molecule has 0 aliphatic heterocycles. The third-order valence-corrected chi connectivity index (χ3v) is 4.63. The van der Waals surface area contributed by atoms with Gasteiger partial charge in [-0.2, -0.15) is 0 Å². The Hall–Kier alpha value is -0.810. The molecule has 0 bridgehead atoms. The van der Waals surface area contributed by atoms with Crippen molar-refractivity contribution in [2.24, 2.45) is 0 Å². The fourth-order valence-electron chi connectivity index (χ4n) is 1.43. The first-order valence-electron chi connectivity index (χ1n) is 6.95. The maximum Gasteiger partial charge on any atom is 0.279 e. The highest BCUT2D eigenvalue weighted by atomic mass is 32.2. The molecule has 0 radical (unpaired) electrons. The van der Waals surface area contributed by atoms with Crippen molar-refractivity contribution in [2.45, 2.75) is 37.3 Å². The van der Waals surface area contributed by atoms with Gasteiger partial charge in [-0.05, 0) is 36.4 Å². The first-order valence-corrected chi connectivity index (χ1v) is 8.82. The van der Waals surface area contributed by atoms with Gasteiger partial charge in [0.15, 0.2) is 0 Å². The number of benzene rings is 1. The van der Waals surface area contributed by atoms with E-state index in [4.69, 9.17) is 4.74 Å². The van der Waals surface area contributed by atoms with Crippen LogP contribution in [-0.4, -0.2) is 29.4 Å². The van der Waals surface area contributed by atoms with Crippen LogP contribution in [0.15, 0.2) is 29.2 Å². The van der Waals surface area contributed by atoms with Crippen molar-refractivity contribution < 1.29 is 9.53 Å². The molecule has 1 aromatic carbocycles. The second-order valence-electron chi connectivity index (χ2n) is 4.30. The number of ether oxygens (including phenoxy) is 1. The Balaban J connectivity index is 2.26. The third kappa shape index (κ3) is 7.10. The molecule has 0 spiro atoms. The molecule has 0 aliphatic carbocycles. The van der Waals surface area contributed by atoms with Crippen LogP contribution in [0, 0.1) is 0 Å². The van der Waals surface area contributed by atoms with Gasteiger partial charge >= 0.3 is 0 Å². The van der Waals surface area contributed by atoms with E-state index in [0.717, 1.165) is 11.5 Å². The summed E-state index contributed by atoms with van der Waals surface area (Å²) in [5.41, 5.74) is 0. The van der Waals surface area contributed by atoms with Crippen molar-refractivity contribution in [3.63, 3.8) is 0 Å². The molecule has 1 aromatic rings. The van der Waals surface area contributed by atoms with E-state index in [-0.39, 0.29) is 5.24 Å². The number of thioether (sulfide) groups is 2. The van der Waals surface area contributed by atoms with Crippen LogP contribution in [0.3, 0.4) is 0 Å². The van der Waals surface area contributed by atoms with E-state index in [1.165, 1.54) is 23.1 Å². The zero-order chi connectivity index (χ0) is 14.8. The van der Waals surface area contributed by atoms with Crippen molar-refractivity contribution in [3.8, 4) is 5.75 Å². The predicted octanol–water partition coefficient (Wildman–Crippen LogP) is 4.42. The van der Waals surface area contributed by atoms with Gasteiger partial charge in [-0.1, -0.05) is 32.5 Å². The topological polar surface area (TPSA) is 38.3 Å². The minimum atomic E-state index is 0.0106. The maximum absolute atomic E-state index is 11.2. The Kier molecular flexibility index (Phi) is 8.62. The van der Waals surface area contributed by atoms with E-state index < -0.39 is 0 Å². The molecule has 3 nitrogen and oxygen atoms in total. The standard InChI is InChI=1S/C15H23NO2S2/c1-4-12(3)20-14-8-6-13(7-9-14)18-11-10-16-15(17)19-5-2/h6-9,12H,4-5,10-11H2,1-3H3,(H,16,17). The van der Waals surface area contributed by atoms with Gasteiger partial charge in [0.25, 0.3) is 5.24 Å². The summed E-state index contributed by atoms with van der Waals surface area (Å²) in [6.45, 7) is 7.41. The highest BCUT2D eigenvalue weighted by molar-refractivity contribution is 8.13. The summed E-state index contributed by atoms with van der Waals surface area (Å²) in [5, 5.41) is 3.44. The molecule has 5 heteroatoms. The quantitative estimate of drug-likeness (QED) is 0.569. The van der Waals surface area contributed by atoms with Gasteiger partial charge in [0.2, 0.25) is 0 Å². The van der Waals surface area contributed by atoms with Crippen molar-refractivity contribution in [2.75, 3.05) is 18.9 Å². The average Bonchev–Trinajstić information content (AvgIpc) is 2.45. The molecule has 20 heavy (non-hydrogen) atoms. The third-order valence-electron chi connectivity index (χ3n) is 2.65. The van der Waals surface area contributed by atoms with Gasteiger partial charge in [0.05, 0.1) is 6.54 Å². The highest BCUT2D eigenvalue weighted by Gasteiger charge is 2.02. The summed E-state index contributed by atoms with van der Waals surface area (Å²) in [6.07, 6.45) is 1.17. The van der Waals surface area contributed by atoms with Crippen LogP contribution in [0.5, 0.6) is 5.75 Å². The maximum atomic E-state index is 11.2. The van der Waals surface area contributed by atoms with Crippen molar-refractivity contribution >= 4 is 28.8 Å². The first-order chi connectivity index (χ1) is 9.65. The van der Waals surface area contributed by atoms with Crippen molar-refractivity contribution in [1.29, 1.82) is 0 Å². The van der Waals surface area contributed by atoms with Crippen LogP contribution in [0.1, 0.15) is 27.2 Å². The highest BCUT2D eigenvalue weighted by Crippen LogP contribution is 2.26. The largest absolute Gasteiger partial charge is 0.492 e. The number of carbonyl (C=O) groups is 1. The zero-order valence-corrected chi connectivity index (χ0v) is 14.0. The molecular formula is C15H23NO2S2. The van der Waals surface area contributed by atoms with Crippen LogP contribution in [0.25, 0.3) is 0 Å². The molecule has 1 rings (SSSR count). The van der Waals surface area contributed by atoms with Crippen LogP contribution in [0.2, 0.25) is 0 Å². The molecule has 0 aliphatic rings. The minimum absolute atomic E-state index is 0.0106. The van der Waals surface area contributed by atoms with Gasteiger partial charge in [-0.3, -0.25) is 4.79 Å². The van der Waals surface area contributed by atoms with Gasteiger partial charge in [-0.15, -0.1) is 11.8 Å². The molecule has 1 unspecified atom stereocenters. The van der Waals surface area contributed by atoms with Crippen LogP contribution in [0.4, 0.5) is 4.79 Å². The van der Waals surface area contributed by atoms with E-state index >= 15 is 0 Å². The summed E-state index contributed by atoms with van der Waals surface area (Å²) in [7, 11) is 0. The average molecular weight is 313 g/mol. The number of amides is 1. The number of nitrogens with one attached hydrogen (secondary N) is 1. The smallest absolute Gasteiger partial charge is 0.279 e. The van der Waals surface area contributed by atoms with E-state index in [1.54, 1.807) is 0 Å². The Morgan fingerprint density at radius 1 is 1.30 bits per heavy atom. The van der Waals surface area contributed by atoms with Gasteiger partial charge in [0, 0.05) is 10.1 Å². The lowest BCUT2D eigenvalue weighted by molar-refractivity contribution is 0.256. The molecule has 0 fully saturated rings. The lowest BCUT2D eigenvalue weighted by Gasteiger charge is -2.10. The van der Waals surface area contributed by atoms with E-state index in [2.05, 4.69) is 31.3 Å². The van der Waals surface area contributed by atoms with Gasteiger partial charge < -0.3 is 10.1 Å². The Bertz CT molecular complexity index is 395. The molecule has 0 saturated carbocycles. The number of rotatable bonds is 8. The number of carbonyl (C=O) groups excluding carboxylic acids is 1. The number of hydrogen-bond acceptors (Lipinski definition) is 4. The molecule has 1 atom stereocenters. The molecule has 0 aromatic heterocycles. The molecule has 0 saturated heterocycles. The zero-order valence-electron chi connectivity index (χ0n) is 12.3. The first kappa shape index (κ1) is 17.2. The normalized spacial score (nSPS) is 11.9. The molecule has 0 heterocycles. The van der Waals surface area contributed by atoms with E-state index in [9.17, 15) is 4.79 Å². The van der Waals surface area contributed by atoms with Gasteiger partial charge in [0.1, 0.15) is 12.4 Å². The summed E-state index contributed by atoms with van der Waals surface area (Å²) >= 11 is 3.15. The second kappa shape index (κ2) is 10.00. The monoisotopic (exact) mass is 313 g/mol. The summed E-state index contributed by atoms with van der Waals surface area (Å²) < 4.78 is 5.59. The minimum Gasteiger partial charge on any atom is -0.492 e. The SMILES string of the molecule is CCSC(=O)NCCOc1ccc(SC(C)CC)cc1. The predicted molar refractivity (Wildman–Crippen MR) is 89.1 cm³/mol. The van der Waals surface area contributed by atoms with Crippen LogP contribution in [-0.2, 0) is 0 Å². The molecule has 1 amide bonds. The van der Waals surface area contributed by atoms with Crippen molar-refractivity contribution in [3.05, 3.63) is 24.3 Å². The van der Waals surface area contributed by atoms with E-state index in [1.807, 2.05) is 30.8 Å². The van der Waals surface area contributed by atoms with Crippen LogP contribution < -0.4 is 10.1 Å². The summed E-state index contributed by atoms with van der Waals surface area (Å²) in [4.78, 5) is 12.5. The molecule has 1 N–H and O–H groups in total. The fraction of sp³-hybridized carbons (Fsp3) is 0.533. The van der Waals surface area contributed by atoms with Gasteiger partial charge in [-0.25, -0.2) is 0 Å². The lowest BCUT2D eigenvalue weighted by Crippen LogP contribution is -2.24. The Labute approximate surface area is 130 Å². The molecule has 112 valence electrons. The summed E-state index contributed by atoms with van der Waals surface area (Å²) in [5.74, 6) is 1.64. The Morgan fingerprint density at radius 2 is 2.00 bits per heavy atom.